The van der Waals surface area contributed by atoms with Crippen molar-refractivity contribution >= 4 is 17.2 Å². The maximum Gasteiger partial charge on any atom is 0.224 e. The molecule has 1 fully saturated rings. The normalized spacial score (nSPS) is 20.3. The molecule has 1 saturated heterocycles. The van der Waals surface area contributed by atoms with Gasteiger partial charge < -0.3 is 5.32 Å². The summed E-state index contributed by atoms with van der Waals surface area (Å²) < 4.78 is 0. The van der Waals surface area contributed by atoms with Crippen LogP contribution in [0.1, 0.15) is 66.8 Å². The third-order valence-electron chi connectivity index (χ3n) is 6.73. The second kappa shape index (κ2) is 8.11. The van der Waals surface area contributed by atoms with E-state index in [0.29, 0.717) is 12.3 Å². The summed E-state index contributed by atoms with van der Waals surface area (Å²) in [6, 6.07) is 10.9. The molecular weight excluding hydrogens is 358 g/mol. The minimum Gasteiger partial charge on any atom is -0.326 e. The number of fused-ring (bicyclic) bond motifs is 1. The molecule has 0 spiro atoms. The Labute approximate surface area is 173 Å². The molecule has 4 heteroatoms. The summed E-state index contributed by atoms with van der Waals surface area (Å²) in [5, 5.41) is 3.15. The number of allylic oxidation sites excluding steroid dienone is 2. The van der Waals surface area contributed by atoms with Gasteiger partial charge in [0.2, 0.25) is 5.91 Å². The van der Waals surface area contributed by atoms with Gasteiger partial charge in [0.05, 0.1) is 5.69 Å². The van der Waals surface area contributed by atoms with Crippen molar-refractivity contribution in [3.05, 3.63) is 65.0 Å². The van der Waals surface area contributed by atoms with Gasteiger partial charge in [-0.15, -0.1) is 0 Å². The van der Waals surface area contributed by atoms with Gasteiger partial charge in [-0.05, 0) is 85.9 Å². The lowest BCUT2D eigenvalue weighted by atomic mass is 9.85. The van der Waals surface area contributed by atoms with E-state index in [9.17, 15) is 4.79 Å². The number of aryl methyl sites for hydroxylation is 1. The van der Waals surface area contributed by atoms with Crippen LogP contribution in [0.4, 0.5) is 5.69 Å². The summed E-state index contributed by atoms with van der Waals surface area (Å²) in [7, 11) is 0. The van der Waals surface area contributed by atoms with E-state index in [1.807, 2.05) is 6.20 Å². The molecule has 150 valence electrons. The molecule has 2 aliphatic heterocycles. The fraction of sp³-hybridized carbons (Fsp3) is 0.440. The zero-order chi connectivity index (χ0) is 19.6. The molecule has 0 atom stereocenters. The van der Waals surface area contributed by atoms with E-state index < -0.39 is 0 Å². The van der Waals surface area contributed by atoms with Gasteiger partial charge in [0, 0.05) is 24.8 Å². The third kappa shape index (κ3) is 3.86. The summed E-state index contributed by atoms with van der Waals surface area (Å²) in [6.45, 7) is 3.17. The summed E-state index contributed by atoms with van der Waals surface area (Å²) in [6.07, 6.45) is 11.7. The van der Waals surface area contributed by atoms with Crippen LogP contribution in [0.15, 0.2) is 42.6 Å². The van der Waals surface area contributed by atoms with Gasteiger partial charge in [-0.3, -0.25) is 14.7 Å². The van der Waals surface area contributed by atoms with E-state index in [-0.39, 0.29) is 5.91 Å². The Morgan fingerprint density at radius 3 is 2.79 bits per heavy atom. The van der Waals surface area contributed by atoms with Crippen molar-refractivity contribution in [1.29, 1.82) is 0 Å². The van der Waals surface area contributed by atoms with Crippen LogP contribution < -0.4 is 5.32 Å². The molecule has 1 aromatic heterocycles. The van der Waals surface area contributed by atoms with E-state index in [1.54, 1.807) is 0 Å². The first-order valence-corrected chi connectivity index (χ1v) is 11.1. The van der Waals surface area contributed by atoms with Gasteiger partial charge in [0.15, 0.2) is 0 Å². The Balaban J connectivity index is 1.27. The molecule has 5 rings (SSSR count). The average Bonchev–Trinajstić information content (AvgIpc) is 3.29. The summed E-state index contributed by atoms with van der Waals surface area (Å²) in [5.74, 6) is 0.693. The molecule has 1 aromatic carbocycles. The van der Waals surface area contributed by atoms with Gasteiger partial charge in [-0.1, -0.05) is 30.3 Å². The Morgan fingerprint density at radius 2 is 1.97 bits per heavy atom. The van der Waals surface area contributed by atoms with Crippen LogP contribution in [-0.2, 0) is 17.8 Å². The van der Waals surface area contributed by atoms with Crippen LogP contribution in [-0.4, -0.2) is 28.9 Å². The van der Waals surface area contributed by atoms with E-state index in [0.717, 1.165) is 51.0 Å². The minimum atomic E-state index is 0.160. The molecule has 1 N–H and O–H groups in total. The smallest absolute Gasteiger partial charge is 0.224 e. The lowest BCUT2D eigenvalue weighted by Crippen LogP contribution is -2.33. The second-order valence-corrected chi connectivity index (χ2v) is 8.61. The van der Waals surface area contributed by atoms with Crippen molar-refractivity contribution < 1.29 is 4.79 Å². The zero-order valence-corrected chi connectivity index (χ0v) is 17.0. The second-order valence-electron chi connectivity index (χ2n) is 8.61. The topological polar surface area (TPSA) is 45.2 Å². The van der Waals surface area contributed by atoms with Gasteiger partial charge >= 0.3 is 0 Å². The number of piperidine rings is 1. The number of anilines is 1. The number of carbonyl (C=O) groups is 1. The molecule has 3 aliphatic rings. The molecule has 0 radical (unpaired) electrons. The van der Waals surface area contributed by atoms with Crippen LogP contribution in [0.2, 0.25) is 0 Å². The maximum atomic E-state index is 11.9. The number of benzene rings is 1. The SMILES string of the molecule is O=C1CCc2cccc(C3CCN(Cc4cccnc4C4=CCCC4)CC3)c2N1. The van der Waals surface area contributed by atoms with Crippen LogP contribution in [0.5, 0.6) is 0 Å². The van der Waals surface area contributed by atoms with Crippen LogP contribution in [0, 0.1) is 0 Å². The molecule has 0 unspecified atom stereocenters. The molecular formula is C25H29N3O. The molecule has 1 amide bonds. The van der Waals surface area contributed by atoms with E-state index in [4.69, 9.17) is 4.98 Å². The van der Waals surface area contributed by atoms with Gasteiger partial charge in [-0.2, -0.15) is 0 Å². The first-order chi connectivity index (χ1) is 14.3. The van der Waals surface area contributed by atoms with E-state index >= 15 is 0 Å². The number of pyridine rings is 1. The first-order valence-electron chi connectivity index (χ1n) is 11.1. The zero-order valence-electron chi connectivity index (χ0n) is 17.0. The van der Waals surface area contributed by atoms with E-state index in [2.05, 4.69) is 46.6 Å². The Kier molecular flexibility index (Phi) is 5.19. The van der Waals surface area contributed by atoms with Crippen molar-refractivity contribution in [2.75, 3.05) is 18.4 Å². The summed E-state index contributed by atoms with van der Waals surface area (Å²) in [4.78, 5) is 19.2. The molecule has 0 saturated carbocycles. The summed E-state index contributed by atoms with van der Waals surface area (Å²) >= 11 is 0. The first kappa shape index (κ1) is 18.6. The lowest BCUT2D eigenvalue weighted by Gasteiger charge is -2.34. The Hall–Kier alpha value is -2.46. The van der Waals surface area contributed by atoms with Gasteiger partial charge in [0.25, 0.3) is 0 Å². The number of carbonyl (C=O) groups excluding carboxylic acids is 1. The molecule has 1 aliphatic carbocycles. The number of hydrogen-bond donors (Lipinski definition) is 1. The van der Waals surface area contributed by atoms with Crippen molar-refractivity contribution in [3.63, 3.8) is 0 Å². The number of nitrogens with one attached hydrogen (secondary N) is 1. The fourth-order valence-electron chi connectivity index (χ4n) is 5.16. The van der Waals surface area contributed by atoms with Crippen molar-refractivity contribution in [3.8, 4) is 0 Å². The van der Waals surface area contributed by atoms with Gasteiger partial charge in [-0.25, -0.2) is 0 Å². The molecule has 3 heterocycles. The number of hydrogen-bond acceptors (Lipinski definition) is 3. The molecule has 29 heavy (non-hydrogen) atoms. The predicted molar refractivity (Wildman–Crippen MR) is 117 cm³/mol. The molecule has 2 aromatic rings. The number of aromatic nitrogens is 1. The highest BCUT2D eigenvalue weighted by atomic mass is 16.1. The number of rotatable bonds is 4. The maximum absolute atomic E-state index is 11.9. The number of likely N-dealkylation sites (tertiary alicyclic amines) is 1. The number of amides is 1. The fourth-order valence-corrected chi connectivity index (χ4v) is 5.16. The van der Waals surface area contributed by atoms with Crippen molar-refractivity contribution in [1.82, 2.24) is 9.88 Å². The highest BCUT2D eigenvalue weighted by Gasteiger charge is 2.26. The Morgan fingerprint density at radius 1 is 1.07 bits per heavy atom. The van der Waals surface area contributed by atoms with E-state index in [1.165, 1.54) is 40.8 Å². The standard InChI is InChI=1S/C25H29N3O/c29-23-11-10-20-7-3-9-22(25(20)27-23)18-12-15-28(16-13-18)17-21-8-4-14-26-24(21)19-5-1-2-6-19/h3-5,7-9,14,18H,1-2,6,10-13,15-17H2,(H,27,29). The highest BCUT2D eigenvalue weighted by molar-refractivity contribution is 5.95. The average molecular weight is 388 g/mol. The summed E-state index contributed by atoms with van der Waals surface area (Å²) in [5.41, 5.74) is 7.75. The highest BCUT2D eigenvalue weighted by Crippen LogP contribution is 2.37. The largest absolute Gasteiger partial charge is 0.326 e. The van der Waals surface area contributed by atoms with Crippen LogP contribution in [0.25, 0.3) is 5.57 Å². The minimum absolute atomic E-state index is 0.160. The third-order valence-corrected chi connectivity index (χ3v) is 6.73. The van der Waals surface area contributed by atoms with Crippen molar-refractivity contribution in [2.24, 2.45) is 0 Å². The monoisotopic (exact) mass is 387 g/mol. The predicted octanol–water partition coefficient (Wildman–Crippen LogP) is 4.91. The quantitative estimate of drug-likeness (QED) is 0.810. The molecule has 0 bridgehead atoms. The number of nitrogens with zero attached hydrogens (tertiary/aromatic N) is 2. The van der Waals surface area contributed by atoms with Gasteiger partial charge in [0.1, 0.15) is 0 Å². The number of para-hydroxylation sites is 1. The van der Waals surface area contributed by atoms with Crippen LogP contribution >= 0.6 is 0 Å². The lowest BCUT2D eigenvalue weighted by molar-refractivity contribution is -0.116. The van der Waals surface area contributed by atoms with Crippen LogP contribution in [0.3, 0.4) is 0 Å². The molecule has 4 nitrogen and oxygen atoms in total. The van der Waals surface area contributed by atoms with Crippen molar-refractivity contribution in [2.45, 2.75) is 57.4 Å². The Bertz CT molecular complexity index is 941.